The number of methoxy groups -OCH3 is 1. The van der Waals surface area contributed by atoms with Crippen molar-refractivity contribution in [1.29, 1.82) is 0 Å². The molecule has 58 heavy (non-hydrogen) atoms. The van der Waals surface area contributed by atoms with E-state index in [-0.39, 0.29) is 24.1 Å². The highest BCUT2D eigenvalue weighted by molar-refractivity contribution is 7.97. The molecule has 0 saturated carbocycles. The fourth-order valence-electron chi connectivity index (χ4n) is 7.80. The van der Waals surface area contributed by atoms with Crippen LogP contribution in [0.1, 0.15) is 252 Å². The van der Waals surface area contributed by atoms with Gasteiger partial charge in [0.2, 0.25) is 0 Å². The lowest BCUT2D eigenvalue weighted by Gasteiger charge is -2.22. The molecule has 7 nitrogen and oxygen atoms in total. The highest BCUT2D eigenvalue weighted by Crippen LogP contribution is 2.19. The summed E-state index contributed by atoms with van der Waals surface area (Å²) < 4.78 is 20.6. The predicted octanol–water partition coefficient (Wildman–Crippen LogP) is 14.7. The van der Waals surface area contributed by atoms with Gasteiger partial charge in [-0.1, -0.05) is 174 Å². The summed E-state index contributed by atoms with van der Waals surface area (Å²) in [6, 6.07) is 0. The van der Waals surface area contributed by atoms with Gasteiger partial charge < -0.3 is 19.1 Å². The van der Waals surface area contributed by atoms with Gasteiger partial charge in [-0.15, -0.1) is 0 Å². The van der Waals surface area contributed by atoms with E-state index in [1.54, 1.807) is 19.1 Å². The summed E-state index contributed by atoms with van der Waals surface area (Å²) >= 11 is 1.76. The van der Waals surface area contributed by atoms with E-state index in [0.29, 0.717) is 12.8 Å². The zero-order chi connectivity index (χ0) is 42.4. The number of esters is 2. The third-order valence-corrected chi connectivity index (χ3v) is 12.4. The summed E-state index contributed by atoms with van der Waals surface area (Å²) in [6.45, 7) is 14.2. The minimum atomic E-state index is 0.00387. The molecule has 0 aromatic heterocycles. The summed E-state index contributed by atoms with van der Waals surface area (Å²) in [5.41, 5.74) is 0. The number of hydrogen-bond acceptors (Lipinski definition) is 8. The van der Waals surface area contributed by atoms with Crippen molar-refractivity contribution >= 4 is 23.9 Å². The van der Waals surface area contributed by atoms with Crippen LogP contribution in [0.2, 0.25) is 0 Å². The Bertz CT molecular complexity index is 833. The van der Waals surface area contributed by atoms with Crippen LogP contribution >= 0.6 is 11.9 Å². The first-order valence-electron chi connectivity index (χ1n) is 25.4. The van der Waals surface area contributed by atoms with Crippen molar-refractivity contribution in [3.8, 4) is 0 Å². The largest absolute Gasteiger partial charge is 0.462 e. The van der Waals surface area contributed by atoms with Gasteiger partial charge >= 0.3 is 11.9 Å². The Labute approximate surface area is 366 Å². The lowest BCUT2D eigenvalue weighted by molar-refractivity contribution is -0.150. The number of ether oxygens (including phenoxy) is 3. The fraction of sp³-hybridized carbons (Fsp3) is 0.960. The van der Waals surface area contributed by atoms with E-state index in [2.05, 4.69) is 37.3 Å². The second-order valence-corrected chi connectivity index (χ2v) is 18.3. The van der Waals surface area contributed by atoms with Crippen LogP contribution in [0.25, 0.3) is 0 Å². The Hall–Kier alpha value is -0.830. The van der Waals surface area contributed by atoms with E-state index in [4.69, 9.17) is 14.2 Å². The second kappa shape index (κ2) is 47.2. The maximum absolute atomic E-state index is 12.8. The molecule has 0 aliphatic carbocycles. The first-order valence-corrected chi connectivity index (χ1v) is 26.4. The topological polar surface area (TPSA) is 77.1 Å². The van der Waals surface area contributed by atoms with Crippen LogP contribution in [0.4, 0.5) is 0 Å². The van der Waals surface area contributed by atoms with E-state index >= 15 is 0 Å². The van der Waals surface area contributed by atoms with Crippen molar-refractivity contribution in [2.24, 2.45) is 0 Å². The molecule has 346 valence electrons. The maximum atomic E-state index is 12.8. The van der Waals surface area contributed by atoms with Gasteiger partial charge in [-0.2, -0.15) is 0 Å². The number of nitrogens with zero attached hydrogens (tertiary/aromatic N) is 1. The highest BCUT2D eigenvalue weighted by atomic mass is 32.2. The Balaban J connectivity index is 4.41. The third-order valence-electron chi connectivity index (χ3n) is 11.6. The number of carbonyl (C=O) groups is 2. The van der Waals surface area contributed by atoms with Gasteiger partial charge in [0.25, 0.3) is 0 Å². The van der Waals surface area contributed by atoms with Crippen LogP contribution in [-0.4, -0.2) is 74.7 Å². The van der Waals surface area contributed by atoms with Gasteiger partial charge in [-0.25, -0.2) is 0 Å². The van der Waals surface area contributed by atoms with E-state index in [1.807, 2.05) is 0 Å². The van der Waals surface area contributed by atoms with E-state index < -0.39 is 0 Å². The molecule has 8 heteroatoms. The van der Waals surface area contributed by atoms with Crippen molar-refractivity contribution in [2.45, 2.75) is 265 Å². The number of nitrogens with one attached hydrogen (secondary N) is 1. The standard InChI is InChI=1S/C50H100N2O5S/c1-6-10-13-16-21-28-36-47(9-4)56-49(53)39-31-24-19-26-33-42-52(44-35-41-51-58-46-45-55-5)43-34-27-20-25-32-40-50(54)57-48(37-29-22-17-14-11-7-2)38-30-23-18-15-12-8-3/h47-48,51H,6-46H2,1-5H3. The van der Waals surface area contributed by atoms with E-state index in [1.165, 1.54) is 154 Å². The Kier molecular flexibility index (Phi) is 46.5. The van der Waals surface area contributed by atoms with Crippen LogP contribution in [0.3, 0.4) is 0 Å². The number of unbranched alkanes of at least 4 members (excludes halogenated alkanes) is 23. The highest BCUT2D eigenvalue weighted by Gasteiger charge is 2.15. The van der Waals surface area contributed by atoms with Crippen molar-refractivity contribution in [1.82, 2.24) is 9.62 Å². The quantitative estimate of drug-likeness (QED) is 0.0369. The molecule has 0 aliphatic rings. The summed E-state index contributed by atoms with van der Waals surface area (Å²) in [5.74, 6) is 1.02. The molecule has 0 aliphatic heterocycles. The SMILES string of the molecule is CCCCCCCCC(CC)OC(=O)CCCCCCCN(CCCCCCCC(=O)OC(CCCCCCCC)CCCCCCCC)CCCNSCCOC. The Morgan fingerprint density at radius 2 is 0.862 bits per heavy atom. The van der Waals surface area contributed by atoms with Gasteiger partial charge in [0, 0.05) is 32.2 Å². The number of carbonyl (C=O) groups excluding carboxylic acids is 2. The Morgan fingerprint density at radius 3 is 1.31 bits per heavy atom. The smallest absolute Gasteiger partial charge is 0.306 e. The van der Waals surface area contributed by atoms with Crippen LogP contribution in [0.15, 0.2) is 0 Å². The molecule has 0 saturated heterocycles. The Morgan fingerprint density at radius 1 is 0.483 bits per heavy atom. The molecule has 0 spiro atoms. The molecule has 1 N–H and O–H groups in total. The molecular formula is C50H100N2O5S. The molecule has 0 radical (unpaired) electrons. The predicted molar refractivity (Wildman–Crippen MR) is 253 cm³/mol. The molecule has 0 aromatic carbocycles. The van der Waals surface area contributed by atoms with Crippen molar-refractivity contribution in [3.63, 3.8) is 0 Å². The first-order chi connectivity index (χ1) is 28.5. The average Bonchev–Trinajstić information content (AvgIpc) is 3.22. The minimum absolute atomic E-state index is 0.00387. The van der Waals surface area contributed by atoms with Gasteiger partial charge in [-0.05, 0) is 96.7 Å². The van der Waals surface area contributed by atoms with Gasteiger partial charge in [0.1, 0.15) is 12.2 Å². The third kappa shape index (κ3) is 41.9. The first kappa shape index (κ1) is 57.2. The summed E-state index contributed by atoms with van der Waals surface area (Å²) in [5, 5.41) is 0. The molecule has 0 rings (SSSR count). The molecule has 0 amide bonds. The number of rotatable bonds is 48. The zero-order valence-electron chi connectivity index (χ0n) is 39.5. The molecule has 0 bridgehead atoms. The maximum Gasteiger partial charge on any atom is 0.306 e. The van der Waals surface area contributed by atoms with Gasteiger partial charge in [0.05, 0.1) is 6.61 Å². The van der Waals surface area contributed by atoms with Crippen molar-refractivity contribution < 1.29 is 23.8 Å². The minimum Gasteiger partial charge on any atom is -0.462 e. The molecule has 0 heterocycles. The summed E-state index contributed by atoms with van der Waals surface area (Å²) in [4.78, 5) is 28.0. The lowest BCUT2D eigenvalue weighted by atomic mass is 10.0. The molecule has 0 aromatic rings. The zero-order valence-corrected chi connectivity index (χ0v) is 40.4. The van der Waals surface area contributed by atoms with Crippen molar-refractivity contribution in [2.75, 3.05) is 45.6 Å². The molecule has 0 fully saturated rings. The normalized spacial score (nSPS) is 12.2. The van der Waals surface area contributed by atoms with E-state index in [0.717, 1.165) is 96.3 Å². The monoisotopic (exact) mass is 841 g/mol. The second-order valence-electron chi connectivity index (χ2n) is 17.3. The summed E-state index contributed by atoms with van der Waals surface area (Å²) in [6.07, 6.45) is 41.1. The lowest BCUT2D eigenvalue weighted by Crippen LogP contribution is -2.29. The molecule has 1 atom stereocenters. The number of hydrogen-bond donors (Lipinski definition) is 1. The summed E-state index contributed by atoms with van der Waals surface area (Å²) in [7, 11) is 1.76. The van der Waals surface area contributed by atoms with Crippen LogP contribution in [0, 0.1) is 0 Å². The van der Waals surface area contributed by atoms with Gasteiger partial charge in [0.15, 0.2) is 0 Å². The van der Waals surface area contributed by atoms with Crippen LogP contribution < -0.4 is 4.72 Å². The molecular weight excluding hydrogens is 741 g/mol. The molecule has 1 unspecified atom stereocenters. The average molecular weight is 841 g/mol. The van der Waals surface area contributed by atoms with E-state index in [9.17, 15) is 9.59 Å². The van der Waals surface area contributed by atoms with Crippen LogP contribution in [0.5, 0.6) is 0 Å². The fourth-order valence-corrected chi connectivity index (χ4v) is 8.49. The van der Waals surface area contributed by atoms with Crippen molar-refractivity contribution in [3.05, 3.63) is 0 Å². The van der Waals surface area contributed by atoms with Crippen LogP contribution in [-0.2, 0) is 23.8 Å². The van der Waals surface area contributed by atoms with Gasteiger partial charge in [-0.3, -0.25) is 14.3 Å².